The second kappa shape index (κ2) is 9.38. The van der Waals surface area contributed by atoms with Gasteiger partial charge in [-0.1, -0.05) is 19.4 Å². The SMILES string of the molecule is CCC1(CNC(=NC)NCCCCNc2ccccn2)CCC1. The highest BCUT2D eigenvalue weighted by molar-refractivity contribution is 5.79. The molecule has 1 fully saturated rings. The first-order chi connectivity index (χ1) is 11.3. The minimum atomic E-state index is 0.518. The number of hydrogen-bond acceptors (Lipinski definition) is 3. The maximum absolute atomic E-state index is 4.32. The molecule has 0 atom stereocenters. The summed E-state index contributed by atoms with van der Waals surface area (Å²) in [5.74, 6) is 1.88. The van der Waals surface area contributed by atoms with Crippen molar-refractivity contribution in [3.63, 3.8) is 0 Å². The van der Waals surface area contributed by atoms with Crippen LogP contribution in [0.25, 0.3) is 0 Å². The van der Waals surface area contributed by atoms with Crippen molar-refractivity contribution in [3.8, 4) is 0 Å². The van der Waals surface area contributed by atoms with Gasteiger partial charge in [-0.3, -0.25) is 4.99 Å². The molecule has 1 aromatic rings. The molecule has 5 heteroatoms. The van der Waals surface area contributed by atoms with E-state index in [1.54, 1.807) is 0 Å². The number of rotatable bonds is 9. The van der Waals surface area contributed by atoms with Gasteiger partial charge in [-0.2, -0.15) is 0 Å². The molecule has 2 rings (SSSR count). The fourth-order valence-corrected chi connectivity index (χ4v) is 2.96. The molecule has 0 unspecified atom stereocenters. The van der Waals surface area contributed by atoms with Crippen molar-refractivity contribution in [3.05, 3.63) is 24.4 Å². The smallest absolute Gasteiger partial charge is 0.190 e. The van der Waals surface area contributed by atoms with Crippen LogP contribution < -0.4 is 16.0 Å². The first kappa shape index (κ1) is 17.6. The number of pyridine rings is 1. The number of unbranched alkanes of at least 4 members (excludes halogenated alkanes) is 1. The molecule has 1 aliphatic rings. The topological polar surface area (TPSA) is 61.3 Å². The second-order valence-corrected chi connectivity index (χ2v) is 6.41. The Hall–Kier alpha value is -1.78. The summed E-state index contributed by atoms with van der Waals surface area (Å²) in [6, 6.07) is 5.92. The van der Waals surface area contributed by atoms with Crippen molar-refractivity contribution >= 4 is 11.8 Å². The first-order valence-electron chi connectivity index (χ1n) is 8.87. The van der Waals surface area contributed by atoms with E-state index in [1.807, 2.05) is 31.4 Å². The molecule has 1 aromatic heterocycles. The number of guanidine groups is 1. The fraction of sp³-hybridized carbons (Fsp3) is 0.667. The van der Waals surface area contributed by atoms with Crippen molar-refractivity contribution in [2.45, 2.75) is 45.4 Å². The summed E-state index contributed by atoms with van der Waals surface area (Å²) in [6.07, 6.45) is 9.38. The van der Waals surface area contributed by atoms with Crippen LogP contribution in [0.1, 0.15) is 45.4 Å². The average Bonchev–Trinajstić information content (AvgIpc) is 2.56. The molecule has 23 heavy (non-hydrogen) atoms. The van der Waals surface area contributed by atoms with Gasteiger partial charge in [0.15, 0.2) is 5.96 Å². The Morgan fingerprint density at radius 2 is 2.04 bits per heavy atom. The molecule has 3 N–H and O–H groups in total. The Bertz CT molecular complexity index is 462. The Morgan fingerprint density at radius 1 is 1.22 bits per heavy atom. The standard InChI is InChI=1S/C18H31N5/c1-3-18(10-8-11-18)15-23-17(19-2)22-14-7-6-13-21-16-9-4-5-12-20-16/h4-5,9,12H,3,6-8,10-11,13-15H2,1-2H3,(H,20,21)(H2,19,22,23). The van der Waals surface area contributed by atoms with Crippen LogP contribution in [0.3, 0.4) is 0 Å². The van der Waals surface area contributed by atoms with E-state index in [-0.39, 0.29) is 0 Å². The first-order valence-corrected chi connectivity index (χ1v) is 8.87. The van der Waals surface area contributed by atoms with E-state index in [9.17, 15) is 0 Å². The highest BCUT2D eigenvalue weighted by Crippen LogP contribution is 2.42. The van der Waals surface area contributed by atoms with E-state index in [0.29, 0.717) is 5.41 Å². The zero-order chi connectivity index (χ0) is 16.4. The Labute approximate surface area is 140 Å². The predicted octanol–water partition coefficient (Wildman–Crippen LogP) is 3.02. The maximum atomic E-state index is 4.32. The van der Waals surface area contributed by atoms with Crippen molar-refractivity contribution in [2.75, 3.05) is 32.0 Å². The monoisotopic (exact) mass is 317 g/mol. The third-order valence-electron chi connectivity index (χ3n) is 4.89. The van der Waals surface area contributed by atoms with E-state index in [1.165, 1.54) is 25.7 Å². The lowest BCUT2D eigenvalue weighted by Crippen LogP contribution is -2.46. The van der Waals surface area contributed by atoms with Crippen LogP contribution in [0.5, 0.6) is 0 Å². The maximum Gasteiger partial charge on any atom is 0.190 e. The minimum absolute atomic E-state index is 0.518. The van der Waals surface area contributed by atoms with E-state index < -0.39 is 0 Å². The summed E-state index contributed by atoms with van der Waals surface area (Å²) in [7, 11) is 1.84. The molecular weight excluding hydrogens is 286 g/mol. The van der Waals surface area contributed by atoms with Gasteiger partial charge in [0.25, 0.3) is 0 Å². The third kappa shape index (κ3) is 5.73. The van der Waals surface area contributed by atoms with E-state index >= 15 is 0 Å². The molecule has 0 amide bonds. The number of nitrogens with one attached hydrogen (secondary N) is 3. The molecule has 5 nitrogen and oxygen atoms in total. The van der Waals surface area contributed by atoms with Crippen LogP contribution in [0, 0.1) is 5.41 Å². The van der Waals surface area contributed by atoms with Crippen LogP contribution in [0.2, 0.25) is 0 Å². The summed E-state index contributed by atoms with van der Waals surface area (Å²) in [5.41, 5.74) is 0.518. The van der Waals surface area contributed by atoms with Gasteiger partial charge in [0.1, 0.15) is 5.82 Å². The molecule has 0 aliphatic heterocycles. The van der Waals surface area contributed by atoms with E-state index in [0.717, 1.165) is 44.3 Å². The largest absolute Gasteiger partial charge is 0.370 e. The third-order valence-corrected chi connectivity index (χ3v) is 4.89. The molecule has 0 saturated heterocycles. The normalized spacial score (nSPS) is 16.5. The van der Waals surface area contributed by atoms with Crippen molar-refractivity contribution in [2.24, 2.45) is 10.4 Å². The molecule has 128 valence electrons. The summed E-state index contributed by atoms with van der Waals surface area (Å²) in [6.45, 7) is 5.24. The van der Waals surface area contributed by atoms with Crippen molar-refractivity contribution in [1.29, 1.82) is 0 Å². The van der Waals surface area contributed by atoms with Gasteiger partial charge in [0, 0.05) is 32.9 Å². The highest BCUT2D eigenvalue weighted by Gasteiger charge is 2.34. The lowest BCUT2D eigenvalue weighted by molar-refractivity contribution is 0.131. The lowest BCUT2D eigenvalue weighted by atomic mass is 9.67. The number of nitrogens with zero attached hydrogens (tertiary/aromatic N) is 2. The zero-order valence-corrected chi connectivity index (χ0v) is 14.6. The van der Waals surface area contributed by atoms with Gasteiger partial charge in [0.05, 0.1) is 0 Å². The molecule has 1 aliphatic carbocycles. The molecule has 0 radical (unpaired) electrons. The van der Waals surface area contributed by atoms with Gasteiger partial charge in [-0.25, -0.2) is 4.98 Å². The van der Waals surface area contributed by atoms with E-state index in [2.05, 4.69) is 32.9 Å². The molecule has 0 spiro atoms. The average molecular weight is 317 g/mol. The van der Waals surface area contributed by atoms with Crippen LogP contribution in [0.15, 0.2) is 29.4 Å². The van der Waals surface area contributed by atoms with Crippen LogP contribution in [0.4, 0.5) is 5.82 Å². The van der Waals surface area contributed by atoms with Crippen molar-refractivity contribution < 1.29 is 0 Å². The quantitative estimate of drug-likeness (QED) is 0.372. The molecule has 1 saturated carbocycles. The fourth-order valence-electron chi connectivity index (χ4n) is 2.96. The molecule has 1 heterocycles. The Kier molecular flexibility index (Phi) is 7.17. The zero-order valence-electron chi connectivity index (χ0n) is 14.6. The van der Waals surface area contributed by atoms with Crippen LogP contribution in [-0.2, 0) is 0 Å². The number of aromatic nitrogens is 1. The highest BCUT2D eigenvalue weighted by atomic mass is 15.2. The summed E-state index contributed by atoms with van der Waals surface area (Å²) < 4.78 is 0. The van der Waals surface area contributed by atoms with Crippen LogP contribution in [-0.4, -0.2) is 37.6 Å². The van der Waals surface area contributed by atoms with E-state index in [4.69, 9.17) is 0 Å². The lowest BCUT2D eigenvalue weighted by Gasteiger charge is -2.41. The summed E-state index contributed by atoms with van der Waals surface area (Å²) in [5, 5.41) is 10.2. The van der Waals surface area contributed by atoms with Crippen LogP contribution >= 0.6 is 0 Å². The van der Waals surface area contributed by atoms with Gasteiger partial charge in [-0.05, 0) is 49.7 Å². The number of hydrogen-bond donors (Lipinski definition) is 3. The van der Waals surface area contributed by atoms with Gasteiger partial charge < -0.3 is 16.0 Å². The van der Waals surface area contributed by atoms with Crippen molar-refractivity contribution in [1.82, 2.24) is 15.6 Å². The summed E-state index contributed by atoms with van der Waals surface area (Å²) >= 11 is 0. The van der Waals surface area contributed by atoms with Gasteiger partial charge in [-0.15, -0.1) is 0 Å². The number of anilines is 1. The molecule has 0 aromatic carbocycles. The van der Waals surface area contributed by atoms with Gasteiger partial charge >= 0.3 is 0 Å². The molecule has 0 bridgehead atoms. The summed E-state index contributed by atoms with van der Waals surface area (Å²) in [4.78, 5) is 8.57. The predicted molar refractivity (Wildman–Crippen MR) is 97.9 cm³/mol. The minimum Gasteiger partial charge on any atom is -0.370 e. The Balaban J connectivity index is 1.53. The molecular formula is C18H31N5. The Morgan fingerprint density at radius 3 is 2.65 bits per heavy atom. The van der Waals surface area contributed by atoms with Gasteiger partial charge in [0.2, 0.25) is 0 Å². The number of aliphatic imine (C=N–C) groups is 1. The second-order valence-electron chi connectivity index (χ2n) is 6.41.